The van der Waals surface area contributed by atoms with E-state index in [0.29, 0.717) is 5.75 Å². The fraction of sp³-hybridized carbons (Fsp3) is 0.231. The van der Waals surface area contributed by atoms with E-state index in [-0.39, 0.29) is 6.61 Å². The zero-order valence-corrected chi connectivity index (χ0v) is 10.5. The molecule has 2 aromatic rings. The Morgan fingerprint density at radius 2 is 2.26 bits per heavy atom. The SMILES string of the molecule is COCC(Oc1cnc2ccccc2c1)C(=O)NN. The summed E-state index contributed by atoms with van der Waals surface area (Å²) >= 11 is 0. The first-order valence-electron chi connectivity index (χ1n) is 5.75. The minimum Gasteiger partial charge on any atom is -0.476 e. The smallest absolute Gasteiger partial charge is 0.277 e. The lowest BCUT2D eigenvalue weighted by molar-refractivity contribution is -0.130. The van der Waals surface area contributed by atoms with Gasteiger partial charge in [0, 0.05) is 12.5 Å². The first-order valence-corrected chi connectivity index (χ1v) is 5.75. The summed E-state index contributed by atoms with van der Waals surface area (Å²) in [7, 11) is 1.48. The second-order valence-corrected chi connectivity index (χ2v) is 3.93. The largest absolute Gasteiger partial charge is 0.476 e. The fourth-order valence-corrected chi connectivity index (χ4v) is 1.69. The molecule has 0 saturated carbocycles. The number of nitrogens with zero attached hydrogens (tertiary/aromatic N) is 1. The second-order valence-electron chi connectivity index (χ2n) is 3.93. The van der Waals surface area contributed by atoms with Crippen LogP contribution in [0.1, 0.15) is 0 Å². The highest BCUT2D eigenvalue weighted by atomic mass is 16.5. The molecule has 0 aliphatic heterocycles. The van der Waals surface area contributed by atoms with Gasteiger partial charge in [0.15, 0.2) is 0 Å². The summed E-state index contributed by atoms with van der Waals surface area (Å²) in [6, 6.07) is 9.45. The number of hydrogen-bond acceptors (Lipinski definition) is 5. The number of fused-ring (bicyclic) bond motifs is 1. The van der Waals surface area contributed by atoms with Crippen LogP contribution < -0.4 is 16.0 Å². The topological polar surface area (TPSA) is 86.5 Å². The van der Waals surface area contributed by atoms with Crippen molar-refractivity contribution in [3.63, 3.8) is 0 Å². The van der Waals surface area contributed by atoms with Crippen molar-refractivity contribution in [2.75, 3.05) is 13.7 Å². The van der Waals surface area contributed by atoms with Crippen LogP contribution in [0.4, 0.5) is 0 Å². The van der Waals surface area contributed by atoms with E-state index >= 15 is 0 Å². The predicted octanol–water partition coefficient (Wildman–Crippen LogP) is 0.619. The van der Waals surface area contributed by atoms with Crippen LogP contribution in [0.25, 0.3) is 10.9 Å². The number of para-hydroxylation sites is 1. The Morgan fingerprint density at radius 1 is 1.47 bits per heavy atom. The first-order chi connectivity index (χ1) is 9.24. The lowest BCUT2D eigenvalue weighted by Crippen LogP contribution is -2.44. The molecule has 2 rings (SSSR count). The summed E-state index contributed by atoms with van der Waals surface area (Å²) in [5.74, 6) is 5.14. The van der Waals surface area contributed by atoms with Gasteiger partial charge in [-0.2, -0.15) is 0 Å². The van der Waals surface area contributed by atoms with Crippen LogP contribution >= 0.6 is 0 Å². The normalized spacial score (nSPS) is 12.1. The van der Waals surface area contributed by atoms with Crippen LogP contribution in [-0.2, 0) is 9.53 Å². The third-order valence-corrected chi connectivity index (χ3v) is 2.60. The number of carbonyl (C=O) groups excluding carboxylic acids is 1. The number of benzene rings is 1. The van der Waals surface area contributed by atoms with E-state index < -0.39 is 12.0 Å². The van der Waals surface area contributed by atoms with Gasteiger partial charge in [-0.1, -0.05) is 18.2 Å². The van der Waals surface area contributed by atoms with Crippen molar-refractivity contribution in [1.82, 2.24) is 10.4 Å². The molecule has 100 valence electrons. The molecule has 1 unspecified atom stereocenters. The van der Waals surface area contributed by atoms with Gasteiger partial charge in [0.2, 0.25) is 6.10 Å². The number of nitrogens with two attached hydrogens (primary N) is 1. The Labute approximate surface area is 110 Å². The number of hydrogen-bond donors (Lipinski definition) is 2. The number of hydrazine groups is 1. The van der Waals surface area contributed by atoms with Crippen molar-refractivity contribution in [3.8, 4) is 5.75 Å². The van der Waals surface area contributed by atoms with E-state index in [9.17, 15) is 4.79 Å². The molecule has 0 bridgehead atoms. The first kappa shape index (κ1) is 13.3. The molecule has 0 aliphatic rings. The Bertz CT molecular complexity index is 574. The molecule has 6 nitrogen and oxygen atoms in total. The molecule has 1 aromatic heterocycles. The van der Waals surface area contributed by atoms with Gasteiger partial charge in [0.25, 0.3) is 5.91 Å². The van der Waals surface area contributed by atoms with Crippen molar-refractivity contribution >= 4 is 16.8 Å². The molecule has 0 saturated heterocycles. The Hall–Kier alpha value is -2.18. The molecular formula is C13H15N3O3. The van der Waals surface area contributed by atoms with Crippen LogP contribution in [0, 0.1) is 0 Å². The average Bonchev–Trinajstić information content (AvgIpc) is 2.46. The summed E-state index contributed by atoms with van der Waals surface area (Å²) in [5.41, 5.74) is 2.91. The molecule has 6 heteroatoms. The van der Waals surface area contributed by atoms with Crippen molar-refractivity contribution in [2.45, 2.75) is 6.10 Å². The van der Waals surface area contributed by atoms with Crippen molar-refractivity contribution in [3.05, 3.63) is 36.5 Å². The third-order valence-electron chi connectivity index (χ3n) is 2.60. The maximum Gasteiger partial charge on any atom is 0.277 e. The fourth-order valence-electron chi connectivity index (χ4n) is 1.69. The van der Waals surface area contributed by atoms with E-state index in [2.05, 4.69) is 4.98 Å². The number of carbonyl (C=O) groups is 1. The summed E-state index contributed by atoms with van der Waals surface area (Å²) in [6.07, 6.45) is 0.757. The maximum atomic E-state index is 11.5. The highest BCUT2D eigenvalue weighted by molar-refractivity contribution is 5.81. The van der Waals surface area contributed by atoms with Crippen LogP contribution in [0.3, 0.4) is 0 Å². The molecule has 0 radical (unpaired) electrons. The standard InChI is InChI=1S/C13H15N3O3/c1-18-8-12(13(17)16-14)19-10-6-9-4-2-3-5-11(9)15-7-10/h2-7,12H,8,14H2,1H3,(H,16,17). The van der Waals surface area contributed by atoms with E-state index in [1.54, 1.807) is 6.20 Å². The lowest BCUT2D eigenvalue weighted by atomic mass is 10.2. The Balaban J connectivity index is 2.21. The maximum absolute atomic E-state index is 11.5. The van der Waals surface area contributed by atoms with E-state index in [4.69, 9.17) is 15.3 Å². The molecule has 1 heterocycles. The molecule has 1 amide bonds. The van der Waals surface area contributed by atoms with Crippen molar-refractivity contribution < 1.29 is 14.3 Å². The summed E-state index contributed by atoms with van der Waals surface area (Å²) in [4.78, 5) is 15.8. The summed E-state index contributed by atoms with van der Waals surface area (Å²) < 4.78 is 10.5. The minimum atomic E-state index is -0.807. The average molecular weight is 261 g/mol. The molecule has 1 aromatic carbocycles. The minimum absolute atomic E-state index is 0.107. The van der Waals surface area contributed by atoms with Gasteiger partial charge in [-0.3, -0.25) is 15.2 Å². The number of rotatable bonds is 5. The number of ether oxygens (including phenoxy) is 2. The van der Waals surface area contributed by atoms with Crippen LogP contribution in [0.2, 0.25) is 0 Å². The monoisotopic (exact) mass is 261 g/mol. The van der Waals surface area contributed by atoms with Crippen LogP contribution in [0.5, 0.6) is 5.75 Å². The molecule has 3 N–H and O–H groups in total. The van der Waals surface area contributed by atoms with Gasteiger partial charge in [-0.15, -0.1) is 0 Å². The highest BCUT2D eigenvalue weighted by Gasteiger charge is 2.19. The molecule has 1 atom stereocenters. The summed E-state index contributed by atoms with van der Waals surface area (Å²) in [6.45, 7) is 0.107. The second kappa shape index (κ2) is 6.12. The number of aromatic nitrogens is 1. The molecule has 0 aliphatic carbocycles. The van der Waals surface area contributed by atoms with Gasteiger partial charge in [0.1, 0.15) is 5.75 Å². The van der Waals surface area contributed by atoms with Crippen LogP contribution in [-0.4, -0.2) is 30.7 Å². The molecule has 0 fully saturated rings. The molecule has 0 spiro atoms. The van der Waals surface area contributed by atoms with Gasteiger partial charge >= 0.3 is 0 Å². The van der Waals surface area contributed by atoms with Crippen molar-refractivity contribution in [1.29, 1.82) is 0 Å². The number of amides is 1. The van der Waals surface area contributed by atoms with Gasteiger partial charge < -0.3 is 9.47 Å². The van der Waals surface area contributed by atoms with Gasteiger partial charge in [-0.25, -0.2) is 5.84 Å². The van der Waals surface area contributed by atoms with E-state index in [1.165, 1.54) is 7.11 Å². The number of pyridine rings is 1. The van der Waals surface area contributed by atoms with Crippen molar-refractivity contribution in [2.24, 2.45) is 5.84 Å². The number of nitrogens with one attached hydrogen (secondary N) is 1. The van der Waals surface area contributed by atoms with Gasteiger partial charge in [-0.05, 0) is 12.1 Å². The van der Waals surface area contributed by atoms with Gasteiger partial charge in [0.05, 0.1) is 18.3 Å². The molecular weight excluding hydrogens is 246 g/mol. The number of methoxy groups -OCH3 is 1. The summed E-state index contributed by atoms with van der Waals surface area (Å²) in [5, 5.41) is 0.935. The van der Waals surface area contributed by atoms with Crippen LogP contribution in [0.15, 0.2) is 36.5 Å². The Morgan fingerprint density at radius 3 is 3.00 bits per heavy atom. The van der Waals surface area contributed by atoms with E-state index in [0.717, 1.165) is 10.9 Å². The quantitative estimate of drug-likeness (QED) is 0.468. The lowest BCUT2D eigenvalue weighted by Gasteiger charge is -2.16. The zero-order chi connectivity index (χ0) is 13.7. The third kappa shape index (κ3) is 3.18. The highest BCUT2D eigenvalue weighted by Crippen LogP contribution is 2.18. The molecule has 19 heavy (non-hydrogen) atoms. The zero-order valence-electron chi connectivity index (χ0n) is 10.5. The Kier molecular flexibility index (Phi) is 4.27. The van der Waals surface area contributed by atoms with E-state index in [1.807, 2.05) is 35.8 Å². The predicted molar refractivity (Wildman–Crippen MR) is 70.4 cm³/mol.